The van der Waals surface area contributed by atoms with Gasteiger partial charge in [-0.2, -0.15) is 0 Å². The predicted molar refractivity (Wildman–Crippen MR) is 74.8 cm³/mol. The van der Waals surface area contributed by atoms with Gasteiger partial charge in [-0.25, -0.2) is 8.78 Å². The van der Waals surface area contributed by atoms with Crippen molar-refractivity contribution in [1.29, 1.82) is 0 Å². The molecule has 0 saturated heterocycles. The number of benzene rings is 1. The van der Waals surface area contributed by atoms with Gasteiger partial charge < -0.3 is 5.32 Å². The molecule has 0 amide bonds. The minimum atomic E-state index is -0.471. The van der Waals surface area contributed by atoms with Crippen LogP contribution in [-0.4, -0.2) is 12.6 Å². The molecule has 1 nitrogen and oxygen atoms in total. The maximum Gasteiger partial charge on any atom is 0.143 e. The molecule has 0 bridgehead atoms. The first-order chi connectivity index (χ1) is 8.60. The van der Waals surface area contributed by atoms with Crippen molar-refractivity contribution in [2.45, 2.75) is 45.6 Å². The van der Waals surface area contributed by atoms with E-state index in [1.807, 2.05) is 6.92 Å². The number of hydrogen-bond donors (Lipinski definition) is 1. The van der Waals surface area contributed by atoms with Crippen molar-refractivity contribution < 1.29 is 8.78 Å². The normalized spacial score (nSPS) is 12.7. The third-order valence-corrected chi connectivity index (χ3v) is 3.62. The summed E-state index contributed by atoms with van der Waals surface area (Å²) >= 11 is 3.09. The van der Waals surface area contributed by atoms with Gasteiger partial charge in [0.15, 0.2) is 0 Å². The summed E-state index contributed by atoms with van der Waals surface area (Å²) in [6.45, 7) is 5.04. The van der Waals surface area contributed by atoms with Gasteiger partial charge in [0.25, 0.3) is 0 Å². The van der Waals surface area contributed by atoms with Crippen molar-refractivity contribution in [1.82, 2.24) is 5.32 Å². The van der Waals surface area contributed by atoms with Crippen molar-refractivity contribution in [2.75, 3.05) is 6.54 Å². The Morgan fingerprint density at radius 2 is 1.94 bits per heavy atom. The van der Waals surface area contributed by atoms with E-state index in [4.69, 9.17) is 0 Å². The molecule has 1 rings (SSSR count). The molecule has 0 spiro atoms. The van der Waals surface area contributed by atoms with Gasteiger partial charge >= 0.3 is 0 Å². The van der Waals surface area contributed by atoms with Crippen LogP contribution in [0.25, 0.3) is 0 Å². The van der Waals surface area contributed by atoms with Gasteiger partial charge in [0.05, 0.1) is 4.47 Å². The van der Waals surface area contributed by atoms with Crippen molar-refractivity contribution in [3.05, 3.63) is 33.8 Å². The van der Waals surface area contributed by atoms with Gasteiger partial charge in [-0.05, 0) is 53.9 Å². The summed E-state index contributed by atoms with van der Waals surface area (Å²) in [7, 11) is 0. The zero-order valence-electron chi connectivity index (χ0n) is 10.9. The van der Waals surface area contributed by atoms with E-state index in [2.05, 4.69) is 28.2 Å². The summed E-state index contributed by atoms with van der Waals surface area (Å²) in [6, 6.07) is 3.05. The van der Waals surface area contributed by atoms with Crippen molar-refractivity contribution in [3.8, 4) is 0 Å². The van der Waals surface area contributed by atoms with Gasteiger partial charge in [0.1, 0.15) is 11.6 Å². The molecule has 18 heavy (non-hydrogen) atoms. The Labute approximate surface area is 116 Å². The van der Waals surface area contributed by atoms with E-state index in [0.717, 1.165) is 25.8 Å². The molecule has 0 radical (unpaired) electrons. The van der Waals surface area contributed by atoms with Crippen LogP contribution >= 0.6 is 15.9 Å². The second-order valence-corrected chi connectivity index (χ2v) is 5.26. The maximum atomic E-state index is 13.8. The molecule has 1 aromatic carbocycles. The Hall–Kier alpha value is -0.480. The second-order valence-electron chi connectivity index (χ2n) is 4.40. The molecule has 0 fully saturated rings. The number of halogens is 3. The van der Waals surface area contributed by atoms with E-state index < -0.39 is 11.6 Å². The van der Waals surface area contributed by atoms with Crippen LogP contribution in [0.5, 0.6) is 0 Å². The fourth-order valence-electron chi connectivity index (χ4n) is 2.10. The summed E-state index contributed by atoms with van der Waals surface area (Å²) in [5.41, 5.74) is 0.184. The molecule has 1 aromatic rings. The lowest BCUT2D eigenvalue weighted by atomic mass is 10.0. The van der Waals surface area contributed by atoms with Crippen LogP contribution in [0.4, 0.5) is 8.78 Å². The number of nitrogens with one attached hydrogen (secondary N) is 1. The van der Waals surface area contributed by atoms with Crippen molar-refractivity contribution in [2.24, 2.45) is 0 Å². The molecular formula is C14H20BrF2N. The highest BCUT2D eigenvalue weighted by Gasteiger charge is 2.14. The third kappa shape index (κ3) is 4.32. The molecular weight excluding hydrogens is 300 g/mol. The minimum absolute atomic E-state index is 0.184. The molecule has 0 aliphatic rings. The molecule has 0 heterocycles. The van der Waals surface area contributed by atoms with Crippen molar-refractivity contribution in [3.63, 3.8) is 0 Å². The fraction of sp³-hybridized carbons (Fsp3) is 0.571. The largest absolute Gasteiger partial charge is 0.314 e. The first-order valence-corrected chi connectivity index (χ1v) is 7.25. The molecule has 0 aliphatic carbocycles. The monoisotopic (exact) mass is 319 g/mol. The van der Waals surface area contributed by atoms with Crippen LogP contribution in [0, 0.1) is 11.6 Å². The van der Waals surface area contributed by atoms with E-state index in [1.165, 1.54) is 12.1 Å². The lowest BCUT2D eigenvalue weighted by molar-refractivity contribution is 0.449. The fourth-order valence-corrected chi connectivity index (χ4v) is 2.47. The number of rotatable bonds is 7. The molecule has 0 saturated carbocycles. The maximum absolute atomic E-state index is 13.8. The van der Waals surface area contributed by atoms with Crippen LogP contribution in [0.15, 0.2) is 16.6 Å². The SMILES string of the molecule is CCCC(CCc1c(F)ccc(Br)c1F)NCC. The lowest BCUT2D eigenvalue weighted by Gasteiger charge is -2.17. The van der Waals surface area contributed by atoms with E-state index in [1.54, 1.807) is 0 Å². The molecule has 0 aliphatic heterocycles. The highest BCUT2D eigenvalue weighted by Crippen LogP contribution is 2.23. The Kier molecular flexibility index (Phi) is 6.79. The first kappa shape index (κ1) is 15.6. The zero-order chi connectivity index (χ0) is 13.5. The van der Waals surface area contributed by atoms with Crippen LogP contribution in [0.3, 0.4) is 0 Å². The van der Waals surface area contributed by atoms with Gasteiger partial charge in [-0.3, -0.25) is 0 Å². The molecule has 1 N–H and O–H groups in total. The zero-order valence-corrected chi connectivity index (χ0v) is 12.5. The summed E-state index contributed by atoms with van der Waals surface area (Å²) in [5.74, 6) is -0.927. The Balaban J connectivity index is 2.69. The van der Waals surface area contributed by atoms with Crippen LogP contribution in [0.2, 0.25) is 0 Å². The van der Waals surface area contributed by atoms with Crippen LogP contribution in [0.1, 0.15) is 38.7 Å². The highest BCUT2D eigenvalue weighted by molar-refractivity contribution is 9.10. The highest BCUT2D eigenvalue weighted by atomic mass is 79.9. The van der Waals surface area contributed by atoms with E-state index in [9.17, 15) is 8.78 Å². The predicted octanol–water partition coefficient (Wildman–Crippen LogP) is 4.44. The lowest BCUT2D eigenvalue weighted by Crippen LogP contribution is -2.29. The average molecular weight is 320 g/mol. The summed E-state index contributed by atoms with van der Waals surface area (Å²) < 4.78 is 27.7. The number of hydrogen-bond acceptors (Lipinski definition) is 1. The van der Waals surface area contributed by atoms with E-state index >= 15 is 0 Å². The summed E-state index contributed by atoms with van der Waals surface area (Å²) in [5, 5.41) is 3.35. The average Bonchev–Trinajstić information content (AvgIpc) is 2.34. The molecule has 1 unspecified atom stereocenters. The molecule has 0 aromatic heterocycles. The molecule has 1 atom stereocenters. The van der Waals surface area contributed by atoms with E-state index in [0.29, 0.717) is 16.9 Å². The Bertz CT molecular complexity index is 376. The van der Waals surface area contributed by atoms with Gasteiger partial charge in [-0.1, -0.05) is 20.3 Å². The Morgan fingerprint density at radius 1 is 1.22 bits per heavy atom. The topological polar surface area (TPSA) is 12.0 Å². The quantitative estimate of drug-likeness (QED) is 0.733. The summed E-state index contributed by atoms with van der Waals surface area (Å²) in [6.07, 6.45) is 3.28. The second kappa shape index (κ2) is 7.85. The molecule has 4 heteroatoms. The van der Waals surface area contributed by atoms with Gasteiger partial charge in [-0.15, -0.1) is 0 Å². The first-order valence-electron chi connectivity index (χ1n) is 6.45. The summed E-state index contributed by atoms with van der Waals surface area (Å²) in [4.78, 5) is 0. The van der Waals surface area contributed by atoms with Crippen LogP contribution in [-0.2, 0) is 6.42 Å². The standard InChI is InChI=1S/C14H20BrF2N/c1-3-5-10(18-4-2)6-7-11-13(16)9-8-12(15)14(11)17/h8-10,18H,3-7H2,1-2H3. The van der Waals surface area contributed by atoms with Crippen LogP contribution < -0.4 is 5.32 Å². The third-order valence-electron chi connectivity index (χ3n) is 3.01. The van der Waals surface area contributed by atoms with Gasteiger partial charge in [0, 0.05) is 11.6 Å². The molecule has 102 valence electrons. The minimum Gasteiger partial charge on any atom is -0.314 e. The van der Waals surface area contributed by atoms with Gasteiger partial charge in [0.2, 0.25) is 0 Å². The Morgan fingerprint density at radius 3 is 2.56 bits per heavy atom. The van der Waals surface area contributed by atoms with E-state index in [-0.39, 0.29) is 5.56 Å². The smallest absolute Gasteiger partial charge is 0.143 e. The van der Waals surface area contributed by atoms with Crippen molar-refractivity contribution >= 4 is 15.9 Å².